The van der Waals surface area contributed by atoms with Crippen LogP contribution in [0.15, 0.2) is 29.1 Å². The van der Waals surface area contributed by atoms with Crippen molar-refractivity contribution < 1.29 is 26.4 Å². The molecular weight excluding hydrogens is 573 g/mol. The highest BCUT2D eigenvalue weighted by Crippen LogP contribution is 2.58. The van der Waals surface area contributed by atoms with Crippen LogP contribution in [0.25, 0.3) is 10.9 Å². The fourth-order valence-corrected chi connectivity index (χ4v) is 5.25. The second kappa shape index (κ2) is 10.2. The van der Waals surface area contributed by atoms with Gasteiger partial charge in [0, 0.05) is 26.2 Å². The molecule has 0 bridgehead atoms. The first-order chi connectivity index (χ1) is 18.4. The van der Waals surface area contributed by atoms with E-state index in [2.05, 4.69) is 15.3 Å². The van der Waals surface area contributed by atoms with Crippen LogP contribution in [0.3, 0.4) is 0 Å². The second-order valence-electron chi connectivity index (χ2n) is 10.3. The topological polar surface area (TPSA) is 126 Å². The first kappa shape index (κ1) is 29.6. The lowest BCUT2D eigenvalue weighted by atomic mass is 10.0. The molecule has 0 aliphatic heterocycles. The summed E-state index contributed by atoms with van der Waals surface area (Å²) in [6.07, 6.45) is -3.52. The molecule has 1 aliphatic rings. The van der Waals surface area contributed by atoms with Crippen LogP contribution in [0, 0.1) is 12.3 Å². The van der Waals surface area contributed by atoms with Crippen LogP contribution in [0.4, 0.5) is 24.8 Å². The number of nitrogens with one attached hydrogen (secondary N) is 2. The van der Waals surface area contributed by atoms with Crippen LogP contribution in [0.2, 0.25) is 5.15 Å². The molecule has 3 aromatic rings. The first-order valence-corrected chi connectivity index (χ1v) is 14.4. The predicted molar refractivity (Wildman–Crippen MR) is 146 cm³/mol. The zero-order valence-electron chi connectivity index (χ0n) is 22.4. The Morgan fingerprint density at radius 1 is 1.25 bits per heavy atom. The number of pyridine rings is 1. The van der Waals surface area contributed by atoms with E-state index < -0.39 is 39.1 Å². The summed E-state index contributed by atoms with van der Waals surface area (Å²) in [4.78, 5) is 35.9. The number of anilines is 2. The molecule has 2 heterocycles. The second-order valence-corrected chi connectivity index (χ2v) is 12.4. The Hall–Kier alpha value is -3.39. The van der Waals surface area contributed by atoms with E-state index in [-0.39, 0.29) is 52.8 Å². The van der Waals surface area contributed by atoms with Crippen molar-refractivity contribution in [2.24, 2.45) is 12.5 Å². The molecule has 2 aromatic heterocycles. The Morgan fingerprint density at radius 2 is 1.90 bits per heavy atom. The smallest absolute Gasteiger partial charge is 0.377 e. The summed E-state index contributed by atoms with van der Waals surface area (Å²) in [7, 11) is -0.953. The van der Waals surface area contributed by atoms with Crippen molar-refractivity contribution in [3.8, 4) is 0 Å². The van der Waals surface area contributed by atoms with Gasteiger partial charge in [0.25, 0.3) is 11.5 Å². The lowest BCUT2D eigenvalue weighted by Gasteiger charge is -2.28. The molecule has 10 nitrogen and oxygen atoms in total. The molecule has 1 fully saturated rings. The van der Waals surface area contributed by atoms with Gasteiger partial charge in [-0.25, -0.2) is 23.1 Å². The number of rotatable bonds is 8. The van der Waals surface area contributed by atoms with Crippen LogP contribution < -0.4 is 20.5 Å². The van der Waals surface area contributed by atoms with Gasteiger partial charge in [-0.05, 0) is 50.5 Å². The van der Waals surface area contributed by atoms with Gasteiger partial charge in [-0.3, -0.25) is 14.2 Å². The average molecular weight is 601 g/mol. The number of alkyl halides is 3. The van der Waals surface area contributed by atoms with E-state index in [1.54, 1.807) is 26.0 Å². The molecule has 0 unspecified atom stereocenters. The monoisotopic (exact) mass is 600 g/mol. The summed E-state index contributed by atoms with van der Waals surface area (Å²) in [5, 5.41) is 3.33. The van der Waals surface area contributed by atoms with Crippen LogP contribution >= 0.6 is 11.6 Å². The number of hydrogen-bond donors (Lipinski definition) is 2. The van der Waals surface area contributed by atoms with Gasteiger partial charge in [0.15, 0.2) is 5.69 Å². The molecule has 40 heavy (non-hydrogen) atoms. The summed E-state index contributed by atoms with van der Waals surface area (Å²) >= 11 is 5.95. The Bertz CT molecular complexity index is 1670. The predicted octanol–water partition coefficient (Wildman–Crippen LogP) is 3.93. The Morgan fingerprint density at radius 3 is 2.48 bits per heavy atom. The number of nitrogens with zero attached hydrogens (tertiary/aromatic N) is 4. The molecule has 1 saturated carbocycles. The van der Waals surface area contributed by atoms with Crippen molar-refractivity contribution in [3.63, 3.8) is 0 Å². The number of fused-ring (bicyclic) bond motifs is 1. The maximum atomic E-state index is 13.6. The molecule has 2 N–H and O–H groups in total. The fraction of sp³-hybridized carbons (Fsp3) is 0.440. The lowest BCUT2D eigenvalue weighted by Crippen LogP contribution is -2.39. The van der Waals surface area contributed by atoms with E-state index in [0.29, 0.717) is 5.56 Å². The summed E-state index contributed by atoms with van der Waals surface area (Å²) < 4.78 is 67.2. The minimum atomic E-state index is -4.37. The molecule has 0 spiro atoms. The van der Waals surface area contributed by atoms with Gasteiger partial charge in [0.2, 0.25) is 16.0 Å². The van der Waals surface area contributed by atoms with Crippen LogP contribution in [-0.2, 0) is 17.1 Å². The first-order valence-electron chi connectivity index (χ1n) is 12.2. The zero-order chi connectivity index (χ0) is 29.8. The van der Waals surface area contributed by atoms with Gasteiger partial charge in [0.1, 0.15) is 5.15 Å². The Balaban J connectivity index is 1.77. The maximum Gasteiger partial charge on any atom is 0.396 e. The number of halogens is 4. The third-order valence-corrected chi connectivity index (χ3v) is 7.63. The van der Waals surface area contributed by atoms with E-state index in [1.165, 1.54) is 35.7 Å². The molecule has 0 radical (unpaired) electrons. The summed E-state index contributed by atoms with van der Waals surface area (Å²) in [5.41, 5.74) is -0.830. The van der Waals surface area contributed by atoms with Gasteiger partial charge in [-0.15, -0.1) is 0 Å². The van der Waals surface area contributed by atoms with E-state index in [9.17, 15) is 31.2 Å². The van der Waals surface area contributed by atoms with Gasteiger partial charge in [-0.2, -0.15) is 13.2 Å². The zero-order valence-corrected chi connectivity index (χ0v) is 23.9. The van der Waals surface area contributed by atoms with E-state index in [1.807, 2.05) is 4.72 Å². The van der Waals surface area contributed by atoms with Gasteiger partial charge < -0.3 is 10.2 Å². The highest BCUT2D eigenvalue weighted by molar-refractivity contribution is 7.89. The van der Waals surface area contributed by atoms with Crippen LogP contribution in [0.5, 0.6) is 0 Å². The maximum absolute atomic E-state index is 13.6. The molecular formula is C25H28ClF3N6O4S. The van der Waals surface area contributed by atoms with Crippen LogP contribution in [0.1, 0.15) is 47.4 Å². The SMILES string of the molecule is Cc1cc([C@@H](C)Nc2ccc(Cl)nc2C(=O)NS(C)(=O)=O)c2nc(N(C)CC3(C(F)(F)F)CC3)n(C)c(=O)c2c1. The standard InChI is InChI=1S/C25H28ClF3N6O4S/c1-13-10-15(14(2)30-17-6-7-18(26)31-20(17)21(36)33-40(5,38)39)19-16(11-13)22(37)35(4)23(32-19)34(3)12-24(8-9-24)25(27,28)29/h6-7,10-11,14,30H,8-9,12H2,1-5H3,(H,33,36)/t14-/m1/s1. The van der Waals surface area contributed by atoms with E-state index in [0.717, 1.165) is 11.8 Å². The van der Waals surface area contributed by atoms with Crippen molar-refractivity contribution in [3.05, 3.63) is 56.6 Å². The average Bonchev–Trinajstić information content (AvgIpc) is 3.62. The van der Waals surface area contributed by atoms with Crippen LogP contribution in [-0.4, -0.2) is 54.9 Å². The minimum Gasteiger partial charge on any atom is -0.377 e. The van der Waals surface area contributed by atoms with Crippen molar-refractivity contribution in [2.45, 2.75) is 38.9 Å². The fourth-order valence-electron chi connectivity index (χ4n) is 4.67. The number of aromatic nitrogens is 3. The Kier molecular flexibility index (Phi) is 7.56. The number of sulfonamides is 1. The number of hydrogen-bond acceptors (Lipinski definition) is 8. The molecule has 1 aromatic carbocycles. The molecule has 216 valence electrons. The highest BCUT2D eigenvalue weighted by Gasteiger charge is 2.63. The molecule has 1 aliphatic carbocycles. The molecule has 1 atom stereocenters. The van der Waals surface area contributed by atoms with Crippen molar-refractivity contribution in [2.75, 3.05) is 30.1 Å². The normalized spacial score (nSPS) is 15.5. The summed E-state index contributed by atoms with van der Waals surface area (Å²) in [6.45, 7) is 3.17. The van der Waals surface area contributed by atoms with E-state index >= 15 is 0 Å². The highest BCUT2D eigenvalue weighted by atomic mass is 35.5. The largest absolute Gasteiger partial charge is 0.396 e. The van der Waals surface area contributed by atoms with E-state index in [4.69, 9.17) is 11.6 Å². The van der Waals surface area contributed by atoms with Gasteiger partial charge in [-0.1, -0.05) is 17.7 Å². The number of benzene rings is 1. The number of aryl methyl sites for hydroxylation is 1. The lowest BCUT2D eigenvalue weighted by molar-refractivity contribution is -0.183. The summed E-state index contributed by atoms with van der Waals surface area (Å²) in [6, 6.07) is 5.68. The van der Waals surface area contributed by atoms with Crippen molar-refractivity contribution in [1.82, 2.24) is 19.3 Å². The number of carbonyl (C=O) groups is 1. The Labute approximate surface area is 233 Å². The third-order valence-electron chi connectivity index (χ3n) is 6.86. The molecule has 15 heteroatoms. The molecule has 1 amide bonds. The number of carbonyl (C=O) groups excluding carboxylic acids is 1. The van der Waals surface area contributed by atoms with Gasteiger partial charge in [0.05, 0.1) is 34.3 Å². The quantitative estimate of drug-likeness (QED) is 0.373. The minimum absolute atomic E-state index is 0.0120. The number of amides is 1. The molecule has 4 rings (SSSR count). The van der Waals surface area contributed by atoms with Crippen molar-refractivity contribution >= 4 is 50.1 Å². The summed E-state index contributed by atoms with van der Waals surface area (Å²) in [5.74, 6) is -0.921. The van der Waals surface area contributed by atoms with Gasteiger partial charge >= 0.3 is 6.18 Å². The third kappa shape index (κ3) is 5.87. The molecule has 0 saturated heterocycles. The van der Waals surface area contributed by atoms with Crippen molar-refractivity contribution in [1.29, 1.82) is 0 Å².